The second kappa shape index (κ2) is 7.92. The number of halogens is 2. The fraction of sp³-hybridized carbons (Fsp3) is 0.222. The number of amides is 2. The van der Waals surface area contributed by atoms with Crippen molar-refractivity contribution in [3.05, 3.63) is 59.9 Å². The Morgan fingerprint density at radius 3 is 2.65 bits per heavy atom. The fourth-order valence-corrected chi connectivity index (χ4v) is 2.62. The van der Waals surface area contributed by atoms with Gasteiger partial charge in [-0.15, -0.1) is 0 Å². The predicted octanol–water partition coefficient (Wildman–Crippen LogP) is 3.23. The van der Waals surface area contributed by atoms with E-state index in [4.69, 9.17) is 0 Å². The lowest BCUT2D eigenvalue weighted by atomic mass is 10.1. The minimum atomic E-state index is -2.69. The van der Waals surface area contributed by atoms with Gasteiger partial charge in [0.15, 0.2) is 5.82 Å². The van der Waals surface area contributed by atoms with Crippen LogP contribution in [0.25, 0.3) is 11.0 Å². The van der Waals surface area contributed by atoms with Gasteiger partial charge >= 0.3 is 6.03 Å². The molecule has 0 bridgehead atoms. The molecule has 0 radical (unpaired) electrons. The van der Waals surface area contributed by atoms with Crippen molar-refractivity contribution in [1.82, 2.24) is 15.3 Å². The van der Waals surface area contributed by atoms with E-state index in [-0.39, 0.29) is 6.61 Å². The molecule has 2 aromatic carbocycles. The third-order valence-corrected chi connectivity index (χ3v) is 3.85. The Morgan fingerprint density at radius 2 is 1.96 bits per heavy atom. The number of aromatic amines is 1. The van der Waals surface area contributed by atoms with E-state index in [1.165, 1.54) is 6.07 Å². The van der Waals surface area contributed by atoms with Crippen molar-refractivity contribution < 1.29 is 18.7 Å². The van der Waals surface area contributed by atoms with E-state index in [1.807, 2.05) is 30.3 Å². The lowest BCUT2D eigenvalue weighted by molar-refractivity contribution is 0.142. The van der Waals surface area contributed by atoms with Crippen molar-refractivity contribution in [2.75, 3.05) is 11.9 Å². The third-order valence-electron chi connectivity index (χ3n) is 3.85. The maximum atomic E-state index is 12.7. The van der Waals surface area contributed by atoms with Crippen molar-refractivity contribution in [3.8, 4) is 0 Å². The van der Waals surface area contributed by atoms with Crippen molar-refractivity contribution in [1.29, 1.82) is 0 Å². The number of carbonyl (C=O) groups is 1. The van der Waals surface area contributed by atoms with Gasteiger partial charge in [-0.1, -0.05) is 30.3 Å². The fourth-order valence-electron chi connectivity index (χ4n) is 2.62. The minimum absolute atomic E-state index is 0.209. The zero-order valence-corrected chi connectivity index (χ0v) is 13.7. The molecule has 6 nitrogen and oxygen atoms in total. The van der Waals surface area contributed by atoms with Crippen LogP contribution in [0.5, 0.6) is 0 Å². The number of urea groups is 1. The van der Waals surface area contributed by atoms with Crippen molar-refractivity contribution in [2.24, 2.45) is 0 Å². The smallest absolute Gasteiger partial charge is 0.319 e. The Morgan fingerprint density at radius 1 is 1.19 bits per heavy atom. The number of aromatic nitrogens is 2. The van der Waals surface area contributed by atoms with Crippen molar-refractivity contribution in [3.63, 3.8) is 0 Å². The van der Waals surface area contributed by atoms with Gasteiger partial charge in [0.2, 0.25) is 0 Å². The Hall–Kier alpha value is -3.00. The van der Waals surface area contributed by atoms with Crippen LogP contribution in [0, 0.1) is 0 Å². The zero-order chi connectivity index (χ0) is 18.5. The summed E-state index contributed by atoms with van der Waals surface area (Å²) in [4.78, 5) is 18.4. The summed E-state index contributed by atoms with van der Waals surface area (Å²) in [7, 11) is 0. The van der Waals surface area contributed by atoms with Gasteiger partial charge in [0.25, 0.3) is 6.43 Å². The first kappa shape index (κ1) is 17.8. The summed E-state index contributed by atoms with van der Waals surface area (Å²) in [5.41, 5.74) is 2.21. The summed E-state index contributed by atoms with van der Waals surface area (Å²) in [6.45, 7) is -0.209. The second-order valence-corrected chi connectivity index (χ2v) is 5.82. The van der Waals surface area contributed by atoms with Crippen LogP contribution in [-0.4, -0.2) is 33.8 Å². The molecule has 1 aromatic heterocycles. The average Bonchev–Trinajstić information content (AvgIpc) is 3.05. The van der Waals surface area contributed by atoms with E-state index in [0.717, 1.165) is 5.56 Å². The minimum Gasteiger partial charge on any atom is -0.394 e. The van der Waals surface area contributed by atoms with Crippen molar-refractivity contribution in [2.45, 2.75) is 18.9 Å². The number of nitrogens with zero attached hydrogens (tertiary/aromatic N) is 1. The normalized spacial score (nSPS) is 12.3. The summed E-state index contributed by atoms with van der Waals surface area (Å²) in [5.74, 6) is -0.412. The highest BCUT2D eigenvalue weighted by molar-refractivity contribution is 5.92. The molecule has 0 saturated carbocycles. The summed E-state index contributed by atoms with van der Waals surface area (Å²) < 4.78 is 25.4. The lowest BCUT2D eigenvalue weighted by Gasteiger charge is -2.17. The quantitative estimate of drug-likeness (QED) is 0.544. The highest BCUT2D eigenvalue weighted by Crippen LogP contribution is 2.22. The first-order valence-electron chi connectivity index (χ1n) is 8.05. The zero-order valence-electron chi connectivity index (χ0n) is 13.7. The molecule has 2 amide bonds. The van der Waals surface area contributed by atoms with E-state index < -0.39 is 24.3 Å². The Labute approximate surface area is 148 Å². The Bertz CT molecular complexity index is 883. The molecule has 0 aliphatic heterocycles. The lowest BCUT2D eigenvalue weighted by Crippen LogP contribution is -2.41. The molecule has 0 aliphatic rings. The number of fused-ring (bicyclic) bond motifs is 1. The SMILES string of the molecule is O=C(Nc1ccc2nc(C(F)F)[nH]c2c1)N[C@@H](CO)Cc1ccccc1. The number of benzene rings is 2. The molecule has 8 heteroatoms. The van der Waals surface area contributed by atoms with Crippen LogP contribution in [0.3, 0.4) is 0 Å². The number of hydrogen-bond acceptors (Lipinski definition) is 3. The van der Waals surface area contributed by atoms with Crippen LogP contribution in [-0.2, 0) is 6.42 Å². The predicted molar refractivity (Wildman–Crippen MR) is 94.2 cm³/mol. The maximum absolute atomic E-state index is 12.7. The van der Waals surface area contributed by atoms with Crippen LogP contribution < -0.4 is 10.6 Å². The number of nitrogens with one attached hydrogen (secondary N) is 3. The van der Waals surface area contributed by atoms with Gasteiger partial charge < -0.3 is 20.7 Å². The first-order valence-corrected chi connectivity index (χ1v) is 8.05. The monoisotopic (exact) mass is 360 g/mol. The van der Waals surface area contributed by atoms with E-state index in [1.54, 1.807) is 12.1 Å². The van der Waals surface area contributed by atoms with E-state index in [9.17, 15) is 18.7 Å². The summed E-state index contributed by atoms with van der Waals surface area (Å²) >= 11 is 0. The summed E-state index contributed by atoms with van der Waals surface area (Å²) in [5, 5.41) is 14.8. The van der Waals surface area contributed by atoms with Gasteiger partial charge in [-0.2, -0.15) is 0 Å². The molecule has 3 rings (SSSR count). The third kappa shape index (κ3) is 4.34. The number of imidazole rings is 1. The molecule has 0 aliphatic carbocycles. The molecule has 0 spiro atoms. The maximum Gasteiger partial charge on any atom is 0.319 e. The van der Waals surface area contributed by atoms with Gasteiger partial charge in [-0.05, 0) is 30.2 Å². The van der Waals surface area contributed by atoms with E-state index in [2.05, 4.69) is 20.6 Å². The van der Waals surface area contributed by atoms with Gasteiger partial charge in [0.05, 0.1) is 23.7 Å². The number of carbonyl (C=O) groups excluding carboxylic acids is 1. The van der Waals surface area contributed by atoms with Crippen LogP contribution in [0.2, 0.25) is 0 Å². The van der Waals surface area contributed by atoms with E-state index >= 15 is 0 Å². The molecule has 0 fully saturated rings. The number of hydrogen-bond donors (Lipinski definition) is 4. The van der Waals surface area contributed by atoms with Crippen LogP contribution >= 0.6 is 0 Å². The van der Waals surface area contributed by atoms with Crippen LogP contribution in [0.4, 0.5) is 19.3 Å². The molecule has 1 heterocycles. The number of alkyl halides is 2. The number of aliphatic hydroxyl groups excluding tert-OH is 1. The molecule has 4 N–H and O–H groups in total. The van der Waals surface area contributed by atoms with Crippen molar-refractivity contribution >= 4 is 22.8 Å². The number of rotatable bonds is 6. The highest BCUT2D eigenvalue weighted by atomic mass is 19.3. The molecule has 0 unspecified atom stereocenters. The number of aliphatic hydroxyl groups is 1. The van der Waals surface area contributed by atoms with Gasteiger partial charge in [-0.25, -0.2) is 18.6 Å². The number of H-pyrrole nitrogens is 1. The van der Waals surface area contributed by atoms with Gasteiger partial charge in [0.1, 0.15) is 0 Å². The summed E-state index contributed by atoms with van der Waals surface area (Å²) in [6, 6.07) is 13.2. The molecule has 26 heavy (non-hydrogen) atoms. The van der Waals surface area contributed by atoms with Crippen LogP contribution in [0.1, 0.15) is 17.8 Å². The summed E-state index contributed by atoms with van der Waals surface area (Å²) in [6.07, 6.45) is -2.20. The van der Waals surface area contributed by atoms with E-state index in [0.29, 0.717) is 23.1 Å². The first-order chi connectivity index (χ1) is 12.5. The van der Waals surface area contributed by atoms with Gasteiger partial charge in [-0.3, -0.25) is 0 Å². The van der Waals surface area contributed by atoms with Gasteiger partial charge in [0, 0.05) is 5.69 Å². The van der Waals surface area contributed by atoms with Crippen LogP contribution in [0.15, 0.2) is 48.5 Å². The molecule has 1 atom stereocenters. The number of anilines is 1. The Kier molecular flexibility index (Phi) is 5.43. The Balaban J connectivity index is 1.64. The molecular weight excluding hydrogens is 342 g/mol. The second-order valence-electron chi connectivity index (χ2n) is 5.82. The average molecular weight is 360 g/mol. The molecule has 3 aromatic rings. The molecule has 136 valence electrons. The topological polar surface area (TPSA) is 90.0 Å². The standard InChI is InChI=1S/C18H18F2N4O2/c19-16(20)17-23-14-7-6-12(9-15(14)24-17)21-18(26)22-13(10-25)8-11-4-2-1-3-5-11/h1-7,9,13,16,25H,8,10H2,(H,23,24)(H2,21,22,26)/t13-/m1/s1. The molecular formula is C18H18F2N4O2. The largest absolute Gasteiger partial charge is 0.394 e. The molecule has 0 saturated heterocycles. The highest BCUT2D eigenvalue weighted by Gasteiger charge is 2.14.